The minimum Gasteiger partial charge on any atom is -0.344 e. The van der Waals surface area contributed by atoms with Gasteiger partial charge in [0, 0.05) is 0 Å². The number of hydrogen-bond acceptors (Lipinski definition) is 3. The van der Waals surface area contributed by atoms with Crippen molar-refractivity contribution in [2.45, 2.75) is 19.4 Å². The van der Waals surface area contributed by atoms with Crippen molar-refractivity contribution >= 4 is 11.8 Å². The Labute approximate surface area is 94.0 Å². The topological polar surface area (TPSA) is 84.2 Å². The van der Waals surface area contributed by atoms with Gasteiger partial charge >= 0.3 is 0 Å². The molecule has 0 aromatic heterocycles. The van der Waals surface area contributed by atoms with Crippen LogP contribution in [-0.2, 0) is 16.0 Å². The Kier molecular flexibility index (Phi) is 4.47. The first-order valence-corrected chi connectivity index (χ1v) is 4.97. The number of rotatable bonds is 4. The monoisotopic (exact) mass is 221 g/mol. The largest absolute Gasteiger partial charge is 0.344 e. The molecule has 0 aliphatic rings. The smallest absolute Gasteiger partial charge is 0.256 e. The Morgan fingerprint density at radius 3 is 2.50 bits per heavy atom. The van der Waals surface area contributed by atoms with E-state index < -0.39 is 11.9 Å². The van der Waals surface area contributed by atoms with E-state index in [2.05, 4.69) is 5.32 Å². The highest BCUT2D eigenvalue weighted by Gasteiger charge is 2.13. The van der Waals surface area contributed by atoms with Crippen LogP contribution in [0.2, 0.25) is 0 Å². The van der Waals surface area contributed by atoms with Gasteiger partial charge in [-0.1, -0.05) is 30.3 Å². The zero-order valence-electron chi connectivity index (χ0n) is 9.07. The molecule has 0 saturated carbocycles. The van der Waals surface area contributed by atoms with Crippen LogP contribution < -0.4 is 16.6 Å². The summed E-state index contributed by atoms with van der Waals surface area (Å²) in [6.45, 7) is 1.57. The molecule has 5 nitrogen and oxygen atoms in total. The maximum atomic E-state index is 11.5. The van der Waals surface area contributed by atoms with E-state index in [1.165, 1.54) is 0 Å². The van der Waals surface area contributed by atoms with E-state index in [-0.39, 0.29) is 12.3 Å². The lowest BCUT2D eigenvalue weighted by molar-refractivity contribution is -0.128. The molecule has 5 heteroatoms. The fourth-order valence-electron chi connectivity index (χ4n) is 1.26. The highest BCUT2D eigenvalue weighted by molar-refractivity contribution is 5.87. The second-order valence-corrected chi connectivity index (χ2v) is 3.46. The Hall–Kier alpha value is -1.88. The summed E-state index contributed by atoms with van der Waals surface area (Å²) in [5, 5.41) is 2.55. The Balaban J connectivity index is 2.45. The van der Waals surface area contributed by atoms with Crippen LogP contribution in [0.15, 0.2) is 30.3 Å². The summed E-state index contributed by atoms with van der Waals surface area (Å²) < 4.78 is 0. The lowest BCUT2D eigenvalue weighted by Crippen LogP contribution is -2.47. The van der Waals surface area contributed by atoms with E-state index >= 15 is 0 Å². The van der Waals surface area contributed by atoms with Gasteiger partial charge in [0.05, 0.1) is 6.42 Å². The summed E-state index contributed by atoms with van der Waals surface area (Å²) in [5.41, 5.74) is 2.88. The number of nitrogens with two attached hydrogens (primary N) is 1. The van der Waals surface area contributed by atoms with Crippen LogP contribution in [-0.4, -0.2) is 17.9 Å². The minimum absolute atomic E-state index is 0.206. The van der Waals surface area contributed by atoms with Gasteiger partial charge in [-0.25, -0.2) is 5.84 Å². The number of amides is 2. The number of carbonyl (C=O) groups is 2. The Bertz CT molecular complexity index is 365. The van der Waals surface area contributed by atoms with Crippen LogP contribution in [0.3, 0.4) is 0 Å². The second kappa shape index (κ2) is 5.87. The molecule has 0 aliphatic heterocycles. The zero-order valence-corrected chi connectivity index (χ0v) is 9.07. The molecule has 1 unspecified atom stereocenters. The van der Waals surface area contributed by atoms with E-state index in [9.17, 15) is 9.59 Å². The van der Waals surface area contributed by atoms with E-state index in [0.29, 0.717) is 0 Å². The fraction of sp³-hybridized carbons (Fsp3) is 0.273. The Morgan fingerprint density at radius 2 is 1.94 bits per heavy atom. The van der Waals surface area contributed by atoms with Gasteiger partial charge in [-0.05, 0) is 12.5 Å². The number of nitrogens with one attached hydrogen (secondary N) is 2. The summed E-state index contributed by atoms with van der Waals surface area (Å²) in [5.74, 6) is 4.33. The number of hydrogen-bond donors (Lipinski definition) is 3. The summed E-state index contributed by atoms with van der Waals surface area (Å²) in [7, 11) is 0. The Morgan fingerprint density at radius 1 is 1.31 bits per heavy atom. The molecule has 0 saturated heterocycles. The van der Waals surface area contributed by atoms with Gasteiger partial charge in [0.1, 0.15) is 6.04 Å². The highest BCUT2D eigenvalue weighted by Crippen LogP contribution is 1.99. The quantitative estimate of drug-likeness (QED) is 0.371. The van der Waals surface area contributed by atoms with Crippen LogP contribution in [0.25, 0.3) is 0 Å². The van der Waals surface area contributed by atoms with Crippen LogP contribution in [0, 0.1) is 0 Å². The number of carbonyl (C=O) groups excluding carboxylic acids is 2. The van der Waals surface area contributed by atoms with Crippen molar-refractivity contribution in [2.75, 3.05) is 0 Å². The van der Waals surface area contributed by atoms with Crippen LogP contribution >= 0.6 is 0 Å². The van der Waals surface area contributed by atoms with E-state index in [0.717, 1.165) is 5.56 Å². The fourth-order valence-corrected chi connectivity index (χ4v) is 1.26. The third-order valence-electron chi connectivity index (χ3n) is 2.12. The van der Waals surface area contributed by atoms with Gasteiger partial charge in [-0.15, -0.1) is 0 Å². The third kappa shape index (κ3) is 3.70. The average Bonchev–Trinajstić information content (AvgIpc) is 2.29. The molecule has 2 amide bonds. The van der Waals surface area contributed by atoms with Gasteiger partial charge in [0.2, 0.25) is 5.91 Å². The lowest BCUT2D eigenvalue weighted by Gasteiger charge is -2.11. The molecule has 16 heavy (non-hydrogen) atoms. The first-order valence-electron chi connectivity index (χ1n) is 4.97. The summed E-state index contributed by atoms with van der Waals surface area (Å²) in [6, 6.07) is 8.69. The van der Waals surface area contributed by atoms with Crippen molar-refractivity contribution in [3.05, 3.63) is 35.9 Å². The molecule has 1 aromatic rings. The molecule has 0 bridgehead atoms. The molecule has 1 atom stereocenters. The molecule has 86 valence electrons. The first kappa shape index (κ1) is 12.2. The lowest BCUT2D eigenvalue weighted by atomic mass is 10.1. The minimum atomic E-state index is -0.624. The normalized spacial score (nSPS) is 11.6. The summed E-state index contributed by atoms with van der Waals surface area (Å²) in [6.07, 6.45) is 0.253. The van der Waals surface area contributed by atoms with Gasteiger partial charge in [-0.2, -0.15) is 0 Å². The standard InChI is InChI=1S/C11H15N3O2/c1-8(11(16)14-12)13-10(15)7-9-5-3-2-4-6-9/h2-6,8H,7,12H2,1H3,(H,13,15)(H,14,16). The highest BCUT2D eigenvalue weighted by atomic mass is 16.2. The molecule has 1 aromatic carbocycles. The van der Waals surface area contributed by atoms with Crippen molar-refractivity contribution < 1.29 is 9.59 Å². The van der Waals surface area contributed by atoms with Crippen molar-refractivity contribution in [3.63, 3.8) is 0 Å². The van der Waals surface area contributed by atoms with Gasteiger partial charge < -0.3 is 5.32 Å². The van der Waals surface area contributed by atoms with Crippen LogP contribution in [0.1, 0.15) is 12.5 Å². The molecule has 0 fully saturated rings. The molecule has 0 heterocycles. The van der Waals surface area contributed by atoms with E-state index in [1.54, 1.807) is 6.92 Å². The van der Waals surface area contributed by atoms with Gasteiger partial charge in [-0.3, -0.25) is 15.0 Å². The van der Waals surface area contributed by atoms with Gasteiger partial charge in [0.15, 0.2) is 0 Å². The maximum absolute atomic E-state index is 11.5. The molecule has 4 N–H and O–H groups in total. The van der Waals surface area contributed by atoms with Gasteiger partial charge in [0.25, 0.3) is 5.91 Å². The third-order valence-corrected chi connectivity index (χ3v) is 2.12. The molecule has 0 aliphatic carbocycles. The predicted molar refractivity (Wildman–Crippen MR) is 60.1 cm³/mol. The van der Waals surface area contributed by atoms with Crippen molar-refractivity contribution in [2.24, 2.45) is 5.84 Å². The molecule has 0 radical (unpaired) electrons. The van der Waals surface area contributed by atoms with Crippen LogP contribution in [0.4, 0.5) is 0 Å². The molecular weight excluding hydrogens is 206 g/mol. The second-order valence-electron chi connectivity index (χ2n) is 3.46. The van der Waals surface area contributed by atoms with Crippen molar-refractivity contribution in [3.8, 4) is 0 Å². The maximum Gasteiger partial charge on any atom is 0.256 e. The summed E-state index contributed by atoms with van der Waals surface area (Å²) in [4.78, 5) is 22.6. The molecule has 1 rings (SSSR count). The zero-order chi connectivity index (χ0) is 12.0. The average molecular weight is 221 g/mol. The molecular formula is C11H15N3O2. The van der Waals surface area contributed by atoms with Crippen molar-refractivity contribution in [1.29, 1.82) is 0 Å². The predicted octanol–water partition coefficient (Wildman–Crippen LogP) is -0.276. The SMILES string of the molecule is CC(NC(=O)Cc1ccccc1)C(=O)NN. The van der Waals surface area contributed by atoms with E-state index in [4.69, 9.17) is 5.84 Å². The molecule has 0 spiro atoms. The number of benzene rings is 1. The van der Waals surface area contributed by atoms with E-state index in [1.807, 2.05) is 35.8 Å². The van der Waals surface area contributed by atoms with Crippen molar-refractivity contribution in [1.82, 2.24) is 10.7 Å². The number of hydrazine groups is 1. The first-order chi connectivity index (χ1) is 7.63. The summed E-state index contributed by atoms with van der Waals surface area (Å²) >= 11 is 0. The van der Waals surface area contributed by atoms with Crippen LogP contribution in [0.5, 0.6) is 0 Å².